The molecule has 0 unspecified atom stereocenters. The van der Waals surface area contributed by atoms with Crippen LogP contribution in [0.1, 0.15) is 0 Å². The molecule has 0 aliphatic heterocycles. The number of likely N-dealkylation sites (N-methyl/N-ethyl adjacent to an activating group) is 1. The lowest BCUT2D eigenvalue weighted by Gasteiger charge is -1.84. The minimum Gasteiger partial charge on any atom is -0.356 e. The number of rotatable bonds is 2. The van der Waals surface area contributed by atoms with Crippen molar-refractivity contribution >= 4 is 5.91 Å². The minimum atomic E-state index is -0.107. The van der Waals surface area contributed by atoms with Gasteiger partial charge < -0.3 is 5.32 Å². The van der Waals surface area contributed by atoms with Crippen LogP contribution in [0.3, 0.4) is 0 Å². The van der Waals surface area contributed by atoms with Crippen molar-refractivity contribution in [2.24, 2.45) is 0 Å². The molecule has 0 aromatic carbocycles. The van der Waals surface area contributed by atoms with Crippen molar-refractivity contribution in [3.8, 4) is 0 Å². The van der Waals surface area contributed by atoms with E-state index in [9.17, 15) is 4.79 Å². The lowest BCUT2D eigenvalue weighted by Crippen LogP contribution is -2.13. The maximum Gasteiger partial charge on any atom is 0.243 e. The number of carbonyl (C=O) groups is 1. The highest BCUT2D eigenvalue weighted by Crippen LogP contribution is 1.70. The van der Waals surface area contributed by atoms with Gasteiger partial charge in [-0.05, 0) is 0 Å². The third-order valence-electron chi connectivity index (χ3n) is 0.630. The van der Waals surface area contributed by atoms with Gasteiger partial charge in [0.05, 0.1) is 0 Å². The van der Waals surface area contributed by atoms with Gasteiger partial charge >= 0.3 is 0 Å². The topological polar surface area (TPSA) is 29.1 Å². The highest BCUT2D eigenvalue weighted by molar-refractivity contribution is 5.87. The number of hydrogen-bond donors (Lipinski definition) is 1. The summed E-state index contributed by atoms with van der Waals surface area (Å²) in [7, 11) is 1.58. The molecular weight excluding hydrogens is 102 g/mol. The Morgan fingerprint density at radius 2 is 2.38 bits per heavy atom. The molecule has 44 valence electrons. The summed E-state index contributed by atoms with van der Waals surface area (Å²) in [4.78, 5) is 10.3. The maximum absolute atomic E-state index is 10.3. The fourth-order valence-corrected chi connectivity index (χ4v) is 0.239. The molecular formula is C6H9NO. The normalized spacial score (nSPS) is 9.12. The quantitative estimate of drug-likeness (QED) is 0.407. The molecule has 0 atom stereocenters. The van der Waals surface area contributed by atoms with Crippen molar-refractivity contribution < 1.29 is 4.79 Å². The van der Waals surface area contributed by atoms with Gasteiger partial charge in [-0.15, -0.1) is 0 Å². The van der Waals surface area contributed by atoms with Crippen LogP contribution in [-0.4, -0.2) is 13.0 Å². The summed E-state index contributed by atoms with van der Waals surface area (Å²) in [5.74, 6) is -0.107. The fraction of sp³-hybridized carbons (Fsp3) is 0.167. The molecule has 0 aliphatic carbocycles. The van der Waals surface area contributed by atoms with Gasteiger partial charge in [0.2, 0.25) is 5.91 Å². The highest BCUT2D eigenvalue weighted by atomic mass is 16.1. The second-order valence-electron chi connectivity index (χ2n) is 1.21. The van der Waals surface area contributed by atoms with Crippen LogP contribution < -0.4 is 5.32 Å². The second-order valence-corrected chi connectivity index (χ2v) is 1.21. The monoisotopic (exact) mass is 111 g/mol. The highest BCUT2D eigenvalue weighted by Gasteiger charge is 1.82. The zero-order chi connectivity index (χ0) is 6.41. The predicted octanol–water partition coefficient (Wildman–Crippen LogP) is 0.475. The number of amides is 1. The zero-order valence-electron chi connectivity index (χ0n) is 4.85. The third-order valence-corrected chi connectivity index (χ3v) is 0.630. The molecule has 2 nitrogen and oxygen atoms in total. The van der Waals surface area contributed by atoms with Gasteiger partial charge in [-0.1, -0.05) is 18.7 Å². The Morgan fingerprint density at radius 1 is 1.75 bits per heavy atom. The molecule has 0 heterocycles. The molecule has 8 heavy (non-hydrogen) atoms. The SMILES string of the molecule is C=C/C=C/C(=O)NC. The number of hydrogen-bond acceptors (Lipinski definition) is 1. The van der Waals surface area contributed by atoms with Crippen LogP contribution in [0.15, 0.2) is 24.8 Å². The molecule has 0 aromatic heterocycles. The summed E-state index contributed by atoms with van der Waals surface area (Å²) in [6.45, 7) is 3.40. The molecule has 0 rings (SSSR count). The molecule has 1 N–H and O–H groups in total. The molecule has 0 saturated heterocycles. The fourth-order valence-electron chi connectivity index (χ4n) is 0.239. The summed E-state index contributed by atoms with van der Waals surface area (Å²) < 4.78 is 0. The Bertz CT molecular complexity index is 116. The third kappa shape index (κ3) is 3.15. The smallest absolute Gasteiger partial charge is 0.243 e. The van der Waals surface area contributed by atoms with E-state index in [1.165, 1.54) is 6.08 Å². The first-order chi connectivity index (χ1) is 3.81. The predicted molar refractivity (Wildman–Crippen MR) is 33.4 cm³/mol. The first kappa shape index (κ1) is 6.95. The molecule has 0 radical (unpaired) electrons. The summed E-state index contributed by atoms with van der Waals surface area (Å²) in [6, 6.07) is 0. The Hall–Kier alpha value is -1.05. The molecule has 0 saturated carbocycles. The van der Waals surface area contributed by atoms with E-state index in [0.29, 0.717) is 0 Å². The zero-order valence-corrected chi connectivity index (χ0v) is 4.85. The van der Waals surface area contributed by atoms with Gasteiger partial charge in [0, 0.05) is 13.1 Å². The van der Waals surface area contributed by atoms with E-state index < -0.39 is 0 Å². The standard InChI is InChI=1S/C6H9NO/c1-3-4-5-6(8)7-2/h3-5H,1H2,2H3,(H,7,8)/b5-4+. The van der Waals surface area contributed by atoms with Crippen LogP contribution in [0.5, 0.6) is 0 Å². The molecule has 1 amide bonds. The summed E-state index contributed by atoms with van der Waals surface area (Å²) in [6.07, 6.45) is 4.54. The number of carbonyl (C=O) groups excluding carboxylic acids is 1. The van der Waals surface area contributed by atoms with E-state index in [1.807, 2.05) is 0 Å². The summed E-state index contributed by atoms with van der Waals surface area (Å²) in [5, 5.41) is 2.43. The summed E-state index contributed by atoms with van der Waals surface area (Å²) >= 11 is 0. The number of nitrogens with one attached hydrogen (secondary N) is 1. The van der Waals surface area contributed by atoms with Crippen LogP contribution >= 0.6 is 0 Å². The molecule has 0 fully saturated rings. The second kappa shape index (κ2) is 4.12. The van der Waals surface area contributed by atoms with Crippen LogP contribution in [0.25, 0.3) is 0 Å². The lowest BCUT2D eigenvalue weighted by molar-refractivity contribution is -0.116. The van der Waals surface area contributed by atoms with Gasteiger partial charge in [0.15, 0.2) is 0 Å². The Morgan fingerprint density at radius 3 is 2.75 bits per heavy atom. The van der Waals surface area contributed by atoms with Gasteiger partial charge in [-0.2, -0.15) is 0 Å². The van der Waals surface area contributed by atoms with Crippen LogP contribution in [0.4, 0.5) is 0 Å². The van der Waals surface area contributed by atoms with E-state index in [-0.39, 0.29) is 5.91 Å². The van der Waals surface area contributed by atoms with Crippen LogP contribution in [0.2, 0.25) is 0 Å². The van der Waals surface area contributed by atoms with Crippen molar-refractivity contribution in [1.82, 2.24) is 5.32 Å². The van der Waals surface area contributed by atoms with Gasteiger partial charge in [-0.25, -0.2) is 0 Å². The van der Waals surface area contributed by atoms with E-state index in [0.717, 1.165) is 0 Å². The van der Waals surface area contributed by atoms with Crippen molar-refractivity contribution in [1.29, 1.82) is 0 Å². The largest absolute Gasteiger partial charge is 0.356 e. The van der Waals surface area contributed by atoms with Crippen LogP contribution in [-0.2, 0) is 4.79 Å². The van der Waals surface area contributed by atoms with Crippen molar-refractivity contribution in [3.05, 3.63) is 24.8 Å². The van der Waals surface area contributed by atoms with Gasteiger partial charge in [0.1, 0.15) is 0 Å². The van der Waals surface area contributed by atoms with E-state index in [2.05, 4.69) is 11.9 Å². The van der Waals surface area contributed by atoms with Crippen molar-refractivity contribution in [3.63, 3.8) is 0 Å². The molecule has 0 aliphatic rings. The maximum atomic E-state index is 10.3. The van der Waals surface area contributed by atoms with E-state index >= 15 is 0 Å². The van der Waals surface area contributed by atoms with Crippen molar-refractivity contribution in [2.75, 3.05) is 7.05 Å². The average molecular weight is 111 g/mol. The first-order valence-corrected chi connectivity index (χ1v) is 2.32. The lowest BCUT2D eigenvalue weighted by atomic mass is 10.5. The molecule has 0 bridgehead atoms. The average Bonchev–Trinajstić information content (AvgIpc) is 1.83. The van der Waals surface area contributed by atoms with Gasteiger partial charge in [0.25, 0.3) is 0 Å². The Balaban J connectivity index is 3.52. The molecule has 2 heteroatoms. The molecule has 0 aromatic rings. The summed E-state index contributed by atoms with van der Waals surface area (Å²) in [5.41, 5.74) is 0. The molecule has 0 spiro atoms. The Labute approximate surface area is 48.9 Å². The van der Waals surface area contributed by atoms with E-state index in [4.69, 9.17) is 0 Å². The van der Waals surface area contributed by atoms with E-state index in [1.54, 1.807) is 19.2 Å². The van der Waals surface area contributed by atoms with Crippen molar-refractivity contribution in [2.45, 2.75) is 0 Å². The minimum absolute atomic E-state index is 0.107. The number of allylic oxidation sites excluding steroid dienone is 2. The van der Waals surface area contributed by atoms with Crippen LogP contribution in [0, 0.1) is 0 Å². The first-order valence-electron chi connectivity index (χ1n) is 2.32. The van der Waals surface area contributed by atoms with Gasteiger partial charge in [-0.3, -0.25) is 4.79 Å². The Kier molecular flexibility index (Phi) is 3.58.